The van der Waals surface area contributed by atoms with Gasteiger partial charge in [-0.1, -0.05) is 30.0 Å². The van der Waals surface area contributed by atoms with Gasteiger partial charge in [0.1, 0.15) is 5.82 Å². The van der Waals surface area contributed by atoms with Crippen LogP contribution in [0.15, 0.2) is 53.7 Å². The molecular formula is C22H23N5O2S. The minimum atomic E-state index is -0.170. The number of hydrogen-bond donors (Lipinski definition) is 2. The smallest absolute Gasteiger partial charge is 0.251 e. The molecule has 2 N–H and O–H groups in total. The van der Waals surface area contributed by atoms with Gasteiger partial charge in [0.2, 0.25) is 5.91 Å². The van der Waals surface area contributed by atoms with Crippen molar-refractivity contribution >= 4 is 29.3 Å². The second kappa shape index (κ2) is 8.71. The Morgan fingerprint density at radius 1 is 1.10 bits per heavy atom. The van der Waals surface area contributed by atoms with Gasteiger partial charge >= 0.3 is 0 Å². The number of aromatic nitrogens is 3. The first-order valence-electron chi connectivity index (χ1n) is 9.82. The van der Waals surface area contributed by atoms with Gasteiger partial charge in [-0.2, -0.15) is 0 Å². The van der Waals surface area contributed by atoms with Crippen molar-refractivity contribution in [2.24, 2.45) is 0 Å². The van der Waals surface area contributed by atoms with Crippen LogP contribution in [-0.2, 0) is 4.79 Å². The quantitative estimate of drug-likeness (QED) is 0.570. The zero-order chi connectivity index (χ0) is 21.1. The Balaban J connectivity index is 1.39. The molecule has 1 saturated carbocycles. The van der Waals surface area contributed by atoms with Gasteiger partial charge in [-0.3, -0.25) is 14.2 Å². The molecule has 0 radical (unpaired) electrons. The maximum Gasteiger partial charge on any atom is 0.251 e. The SMILES string of the molecule is Cc1cccc(-n2c(C)nnc2SCC(=O)Nc2cccc(C(=O)NC3CC3)c2)c1. The Hall–Kier alpha value is -3.13. The van der Waals surface area contributed by atoms with Crippen LogP contribution in [0.4, 0.5) is 5.69 Å². The van der Waals surface area contributed by atoms with E-state index in [-0.39, 0.29) is 17.6 Å². The summed E-state index contributed by atoms with van der Waals surface area (Å²) in [5.41, 5.74) is 3.25. The van der Waals surface area contributed by atoms with Crippen molar-refractivity contribution in [2.75, 3.05) is 11.1 Å². The van der Waals surface area contributed by atoms with E-state index in [1.165, 1.54) is 11.8 Å². The molecule has 1 fully saturated rings. The van der Waals surface area contributed by atoms with Gasteiger partial charge in [0.05, 0.1) is 5.75 Å². The molecule has 2 amide bonds. The lowest BCUT2D eigenvalue weighted by Gasteiger charge is -2.10. The zero-order valence-electron chi connectivity index (χ0n) is 16.9. The molecule has 0 saturated heterocycles. The van der Waals surface area contributed by atoms with E-state index < -0.39 is 0 Å². The molecule has 154 valence electrons. The highest BCUT2D eigenvalue weighted by molar-refractivity contribution is 7.99. The normalized spacial score (nSPS) is 13.1. The number of carbonyl (C=O) groups is 2. The largest absolute Gasteiger partial charge is 0.349 e. The second-order valence-corrected chi connectivity index (χ2v) is 8.31. The Bertz CT molecular complexity index is 1090. The van der Waals surface area contributed by atoms with Gasteiger partial charge in [-0.05, 0) is 62.6 Å². The summed E-state index contributed by atoms with van der Waals surface area (Å²) < 4.78 is 1.94. The van der Waals surface area contributed by atoms with E-state index in [1.54, 1.807) is 24.3 Å². The van der Waals surface area contributed by atoms with Gasteiger partial charge < -0.3 is 10.6 Å². The minimum Gasteiger partial charge on any atom is -0.349 e. The first-order chi connectivity index (χ1) is 14.5. The molecule has 8 heteroatoms. The lowest BCUT2D eigenvalue weighted by atomic mass is 10.2. The number of amides is 2. The van der Waals surface area contributed by atoms with Crippen molar-refractivity contribution in [3.8, 4) is 5.69 Å². The lowest BCUT2D eigenvalue weighted by Crippen LogP contribution is -2.25. The number of thioether (sulfide) groups is 1. The fourth-order valence-corrected chi connectivity index (χ4v) is 3.86. The van der Waals surface area contributed by atoms with E-state index in [1.807, 2.05) is 36.6 Å². The molecule has 0 bridgehead atoms. The van der Waals surface area contributed by atoms with Crippen molar-refractivity contribution in [3.63, 3.8) is 0 Å². The molecule has 7 nitrogen and oxygen atoms in total. The maximum atomic E-state index is 12.5. The number of benzene rings is 2. The Morgan fingerprint density at radius 3 is 2.67 bits per heavy atom. The van der Waals surface area contributed by atoms with Gasteiger partial charge in [-0.25, -0.2) is 0 Å². The third-order valence-corrected chi connectivity index (χ3v) is 5.64. The van der Waals surface area contributed by atoms with Crippen LogP contribution in [0, 0.1) is 13.8 Å². The number of anilines is 1. The molecule has 30 heavy (non-hydrogen) atoms. The average Bonchev–Trinajstić information content (AvgIpc) is 3.46. The first-order valence-corrected chi connectivity index (χ1v) is 10.8. The summed E-state index contributed by atoms with van der Waals surface area (Å²) in [4.78, 5) is 24.7. The highest BCUT2D eigenvalue weighted by Gasteiger charge is 2.23. The van der Waals surface area contributed by atoms with Crippen LogP contribution in [0.3, 0.4) is 0 Å². The molecule has 3 aromatic rings. The van der Waals surface area contributed by atoms with Gasteiger partial charge in [0.15, 0.2) is 5.16 Å². The maximum absolute atomic E-state index is 12.5. The van der Waals surface area contributed by atoms with Gasteiger partial charge in [0.25, 0.3) is 5.91 Å². The molecule has 0 unspecified atom stereocenters. The molecule has 0 aliphatic heterocycles. The minimum absolute atomic E-state index is 0.107. The lowest BCUT2D eigenvalue weighted by molar-refractivity contribution is -0.113. The molecule has 1 aliphatic rings. The van der Waals surface area contributed by atoms with E-state index in [2.05, 4.69) is 26.9 Å². The third kappa shape index (κ3) is 4.88. The Morgan fingerprint density at radius 2 is 1.90 bits per heavy atom. The highest BCUT2D eigenvalue weighted by atomic mass is 32.2. The van der Waals surface area contributed by atoms with Crippen LogP contribution in [-0.4, -0.2) is 38.4 Å². The Kier molecular flexibility index (Phi) is 5.85. The highest BCUT2D eigenvalue weighted by Crippen LogP contribution is 2.23. The monoisotopic (exact) mass is 421 g/mol. The average molecular weight is 422 g/mol. The summed E-state index contributed by atoms with van der Waals surface area (Å²) in [6.45, 7) is 3.92. The summed E-state index contributed by atoms with van der Waals surface area (Å²) in [5, 5.41) is 14.8. The summed E-state index contributed by atoms with van der Waals surface area (Å²) >= 11 is 1.32. The third-order valence-electron chi connectivity index (χ3n) is 4.71. The number of hydrogen-bond acceptors (Lipinski definition) is 5. The zero-order valence-corrected chi connectivity index (χ0v) is 17.7. The molecule has 4 rings (SSSR count). The molecular weight excluding hydrogens is 398 g/mol. The Labute approximate surface area is 179 Å². The number of nitrogens with zero attached hydrogens (tertiary/aromatic N) is 3. The van der Waals surface area contributed by atoms with E-state index in [4.69, 9.17) is 0 Å². The van der Waals surface area contributed by atoms with E-state index >= 15 is 0 Å². The molecule has 1 aliphatic carbocycles. The molecule has 1 heterocycles. The summed E-state index contributed by atoms with van der Waals surface area (Å²) in [6, 6.07) is 15.3. The van der Waals surface area contributed by atoms with Crippen LogP contribution in [0.25, 0.3) is 5.69 Å². The van der Waals surface area contributed by atoms with Crippen molar-refractivity contribution in [1.29, 1.82) is 0 Å². The van der Waals surface area contributed by atoms with Gasteiger partial charge in [-0.15, -0.1) is 10.2 Å². The number of carbonyl (C=O) groups excluding carboxylic acids is 2. The fraction of sp³-hybridized carbons (Fsp3) is 0.273. The van der Waals surface area contributed by atoms with Crippen LogP contribution < -0.4 is 10.6 Å². The van der Waals surface area contributed by atoms with Crippen molar-refractivity contribution < 1.29 is 9.59 Å². The van der Waals surface area contributed by atoms with E-state index in [0.717, 1.165) is 29.9 Å². The number of rotatable bonds is 7. The fourth-order valence-electron chi connectivity index (χ4n) is 3.06. The number of nitrogens with one attached hydrogen (secondary N) is 2. The molecule has 0 atom stereocenters. The van der Waals surface area contributed by atoms with Crippen LogP contribution in [0.1, 0.15) is 34.6 Å². The molecule has 1 aromatic heterocycles. The topological polar surface area (TPSA) is 88.9 Å². The molecule has 0 spiro atoms. The molecule has 2 aromatic carbocycles. The van der Waals surface area contributed by atoms with E-state index in [9.17, 15) is 9.59 Å². The van der Waals surface area contributed by atoms with Crippen LogP contribution >= 0.6 is 11.8 Å². The van der Waals surface area contributed by atoms with Crippen LogP contribution in [0.2, 0.25) is 0 Å². The summed E-state index contributed by atoms with van der Waals surface area (Å²) in [7, 11) is 0. The van der Waals surface area contributed by atoms with Crippen molar-refractivity contribution in [3.05, 3.63) is 65.5 Å². The summed E-state index contributed by atoms with van der Waals surface area (Å²) in [6.07, 6.45) is 2.07. The number of aryl methyl sites for hydroxylation is 2. The predicted molar refractivity (Wildman–Crippen MR) is 117 cm³/mol. The predicted octanol–water partition coefficient (Wildman–Crippen LogP) is 3.51. The van der Waals surface area contributed by atoms with Crippen LogP contribution in [0.5, 0.6) is 0 Å². The second-order valence-electron chi connectivity index (χ2n) is 7.37. The first kappa shape index (κ1) is 20.2. The van der Waals surface area contributed by atoms with Crippen molar-refractivity contribution in [2.45, 2.75) is 37.9 Å². The summed E-state index contributed by atoms with van der Waals surface area (Å²) in [5.74, 6) is 0.668. The van der Waals surface area contributed by atoms with Crippen molar-refractivity contribution in [1.82, 2.24) is 20.1 Å². The van der Waals surface area contributed by atoms with E-state index in [0.29, 0.717) is 22.4 Å². The standard InChI is InChI=1S/C22H23N5O2S/c1-14-5-3-8-19(11-14)27-15(2)25-26-22(27)30-13-20(28)23-18-7-4-6-16(12-18)21(29)24-17-9-10-17/h3-8,11-12,17H,9-10,13H2,1-2H3,(H,23,28)(H,24,29). The van der Waals surface area contributed by atoms with Gasteiger partial charge in [0, 0.05) is 23.0 Å².